The molecule has 2 aromatic rings. The van der Waals surface area contributed by atoms with E-state index in [0.717, 1.165) is 15.6 Å². The molecule has 102 valence electrons. The van der Waals surface area contributed by atoms with Crippen molar-refractivity contribution in [1.82, 2.24) is 5.43 Å². The lowest BCUT2D eigenvalue weighted by Gasteiger charge is -2.00. The van der Waals surface area contributed by atoms with Crippen LogP contribution in [0.25, 0.3) is 0 Å². The van der Waals surface area contributed by atoms with E-state index in [4.69, 9.17) is 11.6 Å². The lowest BCUT2D eigenvalue weighted by Crippen LogP contribution is -2.19. The Labute approximate surface area is 130 Å². The molecule has 0 aromatic heterocycles. The van der Waals surface area contributed by atoms with Crippen molar-refractivity contribution in [2.24, 2.45) is 5.10 Å². The molecule has 0 saturated heterocycles. The summed E-state index contributed by atoms with van der Waals surface area (Å²) in [5.74, 6) is -0.155. The molecule has 1 amide bonds. The quantitative estimate of drug-likeness (QED) is 0.661. The van der Waals surface area contributed by atoms with Crippen LogP contribution in [-0.2, 0) is 11.2 Å². The van der Waals surface area contributed by atoms with Crippen molar-refractivity contribution in [3.8, 4) is 0 Å². The molecule has 0 bridgehead atoms. The Bertz CT molecular complexity index is 609. The number of hydrazone groups is 1. The van der Waals surface area contributed by atoms with Gasteiger partial charge in [-0.05, 0) is 35.4 Å². The number of carbonyl (C=O) groups is 1. The molecule has 0 aliphatic rings. The number of halogens is 2. The zero-order valence-corrected chi connectivity index (χ0v) is 12.9. The minimum atomic E-state index is -0.155. The Kier molecular flexibility index (Phi) is 5.32. The van der Waals surface area contributed by atoms with E-state index in [1.54, 1.807) is 18.3 Å². The zero-order chi connectivity index (χ0) is 14.4. The molecule has 0 spiro atoms. The number of amides is 1. The van der Waals surface area contributed by atoms with E-state index in [-0.39, 0.29) is 5.91 Å². The van der Waals surface area contributed by atoms with Gasteiger partial charge in [0.2, 0.25) is 5.91 Å². The van der Waals surface area contributed by atoms with Crippen LogP contribution in [0.2, 0.25) is 5.02 Å². The van der Waals surface area contributed by atoms with E-state index in [0.29, 0.717) is 11.4 Å². The number of nitrogens with one attached hydrogen (secondary N) is 1. The molecule has 1 N–H and O–H groups in total. The molecule has 20 heavy (non-hydrogen) atoms. The highest BCUT2D eigenvalue weighted by molar-refractivity contribution is 9.10. The van der Waals surface area contributed by atoms with Gasteiger partial charge >= 0.3 is 0 Å². The van der Waals surface area contributed by atoms with Crippen molar-refractivity contribution in [3.05, 3.63) is 69.2 Å². The fraction of sp³-hybridized carbons (Fsp3) is 0.0667. The summed E-state index contributed by atoms with van der Waals surface area (Å²) in [5.41, 5.74) is 4.31. The van der Waals surface area contributed by atoms with E-state index >= 15 is 0 Å². The Hall–Kier alpha value is -1.65. The van der Waals surface area contributed by atoms with Gasteiger partial charge in [0, 0.05) is 9.50 Å². The monoisotopic (exact) mass is 350 g/mol. The fourth-order valence-electron chi connectivity index (χ4n) is 1.55. The molecule has 0 saturated carbocycles. The summed E-state index contributed by atoms with van der Waals surface area (Å²) in [7, 11) is 0. The van der Waals surface area contributed by atoms with E-state index in [1.807, 2.05) is 36.4 Å². The van der Waals surface area contributed by atoms with Gasteiger partial charge in [0.1, 0.15) is 0 Å². The van der Waals surface area contributed by atoms with Crippen molar-refractivity contribution in [2.75, 3.05) is 0 Å². The predicted octanol–water partition coefficient (Wildman–Crippen LogP) is 3.80. The molecule has 3 nitrogen and oxygen atoms in total. The first-order valence-corrected chi connectivity index (χ1v) is 7.12. The molecule has 5 heteroatoms. The average Bonchev–Trinajstić information content (AvgIpc) is 2.44. The van der Waals surface area contributed by atoms with Gasteiger partial charge in [-0.3, -0.25) is 4.79 Å². The summed E-state index contributed by atoms with van der Waals surface area (Å²) in [6.45, 7) is 0. The molecule has 0 heterocycles. The van der Waals surface area contributed by atoms with E-state index in [9.17, 15) is 4.79 Å². The smallest absolute Gasteiger partial charge is 0.244 e. The van der Waals surface area contributed by atoms with E-state index in [1.165, 1.54) is 0 Å². The van der Waals surface area contributed by atoms with Crippen LogP contribution >= 0.6 is 27.5 Å². The summed E-state index contributed by atoms with van der Waals surface area (Å²) in [6, 6.07) is 14.8. The van der Waals surface area contributed by atoms with Gasteiger partial charge in [-0.25, -0.2) is 5.43 Å². The Morgan fingerprint density at radius 2 is 1.80 bits per heavy atom. The number of rotatable bonds is 4. The number of hydrogen-bond acceptors (Lipinski definition) is 2. The Morgan fingerprint density at radius 3 is 2.45 bits per heavy atom. The molecule has 0 aliphatic carbocycles. The lowest BCUT2D eigenvalue weighted by molar-refractivity contribution is -0.120. The van der Waals surface area contributed by atoms with Crippen LogP contribution in [0.5, 0.6) is 0 Å². The minimum absolute atomic E-state index is 0.155. The maximum atomic E-state index is 11.7. The molecule has 0 unspecified atom stereocenters. The van der Waals surface area contributed by atoms with Crippen molar-refractivity contribution >= 4 is 39.7 Å². The second kappa shape index (κ2) is 7.22. The number of carbonyl (C=O) groups excluding carboxylic acids is 1. The zero-order valence-electron chi connectivity index (χ0n) is 10.5. The summed E-state index contributed by atoms with van der Waals surface area (Å²) in [5, 5.41) is 4.58. The molecule has 0 aliphatic heterocycles. The highest BCUT2D eigenvalue weighted by Crippen LogP contribution is 2.11. The third-order valence-electron chi connectivity index (χ3n) is 2.55. The van der Waals surface area contributed by atoms with Gasteiger partial charge in [-0.1, -0.05) is 51.8 Å². The van der Waals surface area contributed by atoms with Gasteiger partial charge in [0.05, 0.1) is 12.6 Å². The van der Waals surface area contributed by atoms with Gasteiger partial charge in [0.15, 0.2) is 0 Å². The summed E-state index contributed by atoms with van der Waals surface area (Å²) < 4.78 is 0.988. The first-order chi connectivity index (χ1) is 9.63. The lowest BCUT2D eigenvalue weighted by atomic mass is 10.1. The summed E-state index contributed by atoms with van der Waals surface area (Å²) in [6.07, 6.45) is 1.88. The maximum Gasteiger partial charge on any atom is 0.244 e. The van der Waals surface area contributed by atoms with Crippen molar-refractivity contribution in [2.45, 2.75) is 6.42 Å². The molecular formula is C15H12BrClN2O. The van der Waals surface area contributed by atoms with Crippen LogP contribution in [0.15, 0.2) is 58.1 Å². The molecule has 0 radical (unpaired) electrons. The van der Waals surface area contributed by atoms with Crippen molar-refractivity contribution in [1.29, 1.82) is 0 Å². The SMILES string of the molecule is O=C(Cc1ccc(Br)cc1)N/N=C\c1ccc(Cl)cc1. The topological polar surface area (TPSA) is 41.5 Å². The van der Waals surface area contributed by atoms with Crippen LogP contribution in [0.4, 0.5) is 0 Å². The average molecular weight is 352 g/mol. The standard InChI is InChI=1S/C15H12BrClN2O/c16-13-5-1-11(2-6-13)9-15(20)19-18-10-12-3-7-14(17)8-4-12/h1-8,10H,9H2,(H,19,20)/b18-10-. The second-order valence-corrected chi connectivity index (χ2v) is 5.50. The minimum Gasteiger partial charge on any atom is -0.273 e. The largest absolute Gasteiger partial charge is 0.273 e. The van der Waals surface area contributed by atoms with Gasteiger partial charge in [0.25, 0.3) is 0 Å². The Balaban J connectivity index is 1.85. The third-order valence-corrected chi connectivity index (χ3v) is 3.33. The first kappa shape index (κ1) is 14.8. The number of benzene rings is 2. The summed E-state index contributed by atoms with van der Waals surface area (Å²) >= 11 is 9.13. The second-order valence-electron chi connectivity index (χ2n) is 4.15. The summed E-state index contributed by atoms with van der Waals surface area (Å²) in [4.78, 5) is 11.7. The predicted molar refractivity (Wildman–Crippen MR) is 85.0 cm³/mol. The fourth-order valence-corrected chi connectivity index (χ4v) is 1.95. The van der Waals surface area contributed by atoms with Crippen LogP contribution in [-0.4, -0.2) is 12.1 Å². The van der Waals surface area contributed by atoms with E-state index < -0.39 is 0 Å². The van der Waals surface area contributed by atoms with Crippen molar-refractivity contribution < 1.29 is 4.79 Å². The first-order valence-electron chi connectivity index (χ1n) is 5.95. The highest BCUT2D eigenvalue weighted by Gasteiger charge is 2.01. The Morgan fingerprint density at radius 1 is 1.15 bits per heavy atom. The van der Waals surface area contributed by atoms with Crippen LogP contribution in [0.3, 0.4) is 0 Å². The van der Waals surface area contributed by atoms with Gasteiger partial charge in [-0.15, -0.1) is 0 Å². The third kappa shape index (κ3) is 4.79. The van der Waals surface area contributed by atoms with Gasteiger partial charge < -0.3 is 0 Å². The van der Waals surface area contributed by atoms with E-state index in [2.05, 4.69) is 26.5 Å². The molecule has 0 fully saturated rings. The normalized spacial score (nSPS) is 10.7. The number of hydrogen-bond donors (Lipinski definition) is 1. The van der Waals surface area contributed by atoms with Gasteiger partial charge in [-0.2, -0.15) is 5.10 Å². The molecular weight excluding hydrogens is 340 g/mol. The maximum absolute atomic E-state index is 11.7. The molecule has 2 aromatic carbocycles. The van der Waals surface area contributed by atoms with Crippen LogP contribution in [0.1, 0.15) is 11.1 Å². The van der Waals surface area contributed by atoms with Crippen LogP contribution in [0, 0.1) is 0 Å². The molecule has 2 rings (SSSR count). The number of nitrogens with zero attached hydrogens (tertiary/aromatic N) is 1. The highest BCUT2D eigenvalue weighted by atomic mass is 79.9. The van der Waals surface area contributed by atoms with Crippen molar-refractivity contribution in [3.63, 3.8) is 0 Å². The molecule has 0 atom stereocenters. The van der Waals surface area contributed by atoms with Crippen LogP contribution < -0.4 is 5.43 Å².